The maximum Gasteiger partial charge on any atom is 0.265 e. The molecule has 0 aliphatic carbocycles. The van der Waals surface area contributed by atoms with Crippen molar-refractivity contribution in [2.24, 2.45) is 0 Å². The Morgan fingerprint density at radius 3 is 2.65 bits per heavy atom. The number of carbonyl (C=O) groups excluding carboxylic acids is 1. The lowest BCUT2D eigenvalue weighted by Crippen LogP contribution is -2.19. The van der Waals surface area contributed by atoms with Gasteiger partial charge < -0.3 is 10.1 Å². The Hall–Kier alpha value is -2.13. The van der Waals surface area contributed by atoms with Crippen LogP contribution in [0.4, 0.5) is 5.69 Å². The number of anilines is 1. The van der Waals surface area contributed by atoms with Gasteiger partial charge >= 0.3 is 0 Å². The van der Waals surface area contributed by atoms with E-state index in [0.717, 1.165) is 0 Å². The lowest BCUT2D eigenvalue weighted by molar-refractivity contribution is 0.0962. The standard InChI is InChI=1S/C14H14BrN3O4S/c1-16-14(19)9-5-11(8-17-7-9)18-23(20,21)13-6-10(15)3-4-12(13)22-2/h3-8,18H,1-2H3,(H,16,19). The quantitative estimate of drug-likeness (QED) is 0.801. The SMILES string of the molecule is CNC(=O)c1cncc(NS(=O)(=O)c2cc(Br)ccc2OC)c1. The van der Waals surface area contributed by atoms with Crippen LogP contribution in [0.5, 0.6) is 5.75 Å². The van der Waals surface area contributed by atoms with Crippen molar-refractivity contribution in [1.29, 1.82) is 0 Å². The molecule has 1 heterocycles. The summed E-state index contributed by atoms with van der Waals surface area (Å²) in [6.07, 6.45) is 2.66. The van der Waals surface area contributed by atoms with Crippen LogP contribution in [0.3, 0.4) is 0 Å². The van der Waals surface area contributed by atoms with Gasteiger partial charge in [-0.2, -0.15) is 0 Å². The summed E-state index contributed by atoms with van der Waals surface area (Å²) in [6.45, 7) is 0. The molecule has 1 amide bonds. The monoisotopic (exact) mass is 399 g/mol. The Kier molecular flexibility index (Phi) is 5.22. The second kappa shape index (κ2) is 6.97. The highest BCUT2D eigenvalue weighted by Gasteiger charge is 2.20. The Morgan fingerprint density at radius 2 is 2.00 bits per heavy atom. The molecule has 0 spiro atoms. The number of sulfonamides is 1. The van der Waals surface area contributed by atoms with E-state index in [2.05, 4.69) is 31.0 Å². The number of amides is 1. The van der Waals surface area contributed by atoms with Crippen molar-refractivity contribution in [3.05, 3.63) is 46.7 Å². The Balaban J connectivity index is 2.39. The number of carbonyl (C=O) groups is 1. The lowest BCUT2D eigenvalue weighted by Gasteiger charge is -2.12. The van der Waals surface area contributed by atoms with Gasteiger partial charge in [-0.05, 0) is 24.3 Å². The van der Waals surface area contributed by atoms with Crippen molar-refractivity contribution in [2.75, 3.05) is 18.9 Å². The molecule has 122 valence electrons. The van der Waals surface area contributed by atoms with E-state index < -0.39 is 10.0 Å². The number of ether oxygens (including phenoxy) is 1. The van der Waals surface area contributed by atoms with Gasteiger partial charge in [-0.3, -0.25) is 14.5 Å². The molecule has 1 aromatic carbocycles. The predicted molar refractivity (Wildman–Crippen MR) is 89.1 cm³/mol. The number of rotatable bonds is 5. The number of nitrogens with zero attached hydrogens (tertiary/aromatic N) is 1. The summed E-state index contributed by atoms with van der Waals surface area (Å²) >= 11 is 3.23. The van der Waals surface area contributed by atoms with Gasteiger partial charge in [0.25, 0.3) is 15.9 Å². The highest BCUT2D eigenvalue weighted by molar-refractivity contribution is 9.10. The summed E-state index contributed by atoms with van der Waals surface area (Å²) in [4.78, 5) is 15.4. The zero-order valence-corrected chi connectivity index (χ0v) is 14.7. The van der Waals surface area contributed by atoms with Crippen LogP contribution in [0.25, 0.3) is 0 Å². The molecule has 0 atom stereocenters. The van der Waals surface area contributed by atoms with Crippen LogP contribution >= 0.6 is 15.9 Å². The number of nitrogens with one attached hydrogen (secondary N) is 2. The van der Waals surface area contributed by atoms with E-state index in [1.165, 1.54) is 44.8 Å². The zero-order chi connectivity index (χ0) is 17.0. The van der Waals surface area contributed by atoms with Crippen LogP contribution < -0.4 is 14.8 Å². The first-order chi connectivity index (χ1) is 10.9. The minimum atomic E-state index is -3.90. The maximum atomic E-state index is 12.5. The van der Waals surface area contributed by atoms with Gasteiger partial charge in [-0.15, -0.1) is 0 Å². The van der Waals surface area contributed by atoms with Crippen LogP contribution in [0.15, 0.2) is 46.0 Å². The Labute approximate surface area is 142 Å². The number of hydrogen-bond acceptors (Lipinski definition) is 5. The van der Waals surface area contributed by atoms with Gasteiger partial charge in [0.2, 0.25) is 0 Å². The third kappa shape index (κ3) is 3.99. The Bertz CT molecular complexity index is 840. The Morgan fingerprint density at radius 1 is 1.26 bits per heavy atom. The number of pyridine rings is 1. The highest BCUT2D eigenvalue weighted by atomic mass is 79.9. The normalized spacial score (nSPS) is 10.9. The number of hydrogen-bond donors (Lipinski definition) is 2. The summed E-state index contributed by atoms with van der Waals surface area (Å²) in [5.74, 6) is -0.158. The van der Waals surface area contributed by atoms with Crippen LogP contribution in [-0.4, -0.2) is 33.5 Å². The summed E-state index contributed by atoms with van der Waals surface area (Å²) < 4.78 is 33.2. The molecule has 0 fully saturated rings. The van der Waals surface area contributed by atoms with E-state index in [9.17, 15) is 13.2 Å². The van der Waals surface area contributed by atoms with E-state index in [0.29, 0.717) is 4.47 Å². The highest BCUT2D eigenvalue weighted by Crippen LogP contribution is 2.28. The topological polar surface area (TPSA) is 97.4 Å². The zero-order valence-electron chi connectivity index (χ0n) is 12.3. The van der Waals surface area contributed by atoms with E-state index in [-0.39, 0.29) is 27.8 Å². The van der Waals surface area contributed by atoms with Crippen LogP contribution in [0, 0.1) is 0 Å². The summed E-state index contributed by atoms with van der Waals surface area (Å²) in [5.41, 5.74) is 0.419. The van der Waals surface area contributed by atoms with Crippen LogP contribution in [-0.2, 0) is 10.0 Å². The van der Waals surface area contributed by atoms with E-state index in [1.54, 1.807) is 6.07 Å². The average molecular weight is 400 g/mol. The molecule has 0 radical (unpaired) electrons. The number of benzene rings is 1. The molecule has 0 bridgehead atoms. The largest absolute Gasteiger partial charge is 0.495 e. The van der Waals surface area contributed by atoms with Gasteiger partial charge in [-0.25, -0.2) is 8.42 Å². The third-order valence-corrected chi connectivity index (χ3v) is 4.79. The van der Waals surface area contributed by atoms with Crippen molar-refractivity contribution in [1.82, 2.24) is 10.3 Å². The van der Waals surface area contributed by atoms with E-state index in [4.69, 9.17) is 4.74 Å². The molecule has 2 N–H and O–H groups in total. The fourth-order valence-corrected chi connectivity index (χ4v) is 3.58. The lowest BCUT2D eigenvalue weighted by atomic mass is 10.2. The molecule has 0 aliphatic rings. The molecular formula is C14H14BrN3O4S. The molecular weight excluding hydrogens is 386 g/mol. The molecule has 0 unspecified atom stereocenters. The summed E-state index contributed by atoms with van der Waals surface area (Å²) in [5, 5.41) is 2.45. The third-order valence-electron chi connectivity index (χ3n) is 2.89. The van der Waals surface area contributed by atoms with Crippen LogP contribution in [0.1, 0.15) is 10.4 Å². The van der Waals surface area contributed by atoms with E-state index in [1.807, 2.05) is 0 Å². The summed E-state index contributed by atoms with van der Waals surface area (Å²) in [6, 6.07) is 6.04. The fourth-order valence-electron chi connectivity index (χ4n) is 1.83. The van der Waals surface area contributed by atoms with Gasteiger partial charge in [0, 0.05) is 17.7 Å². The van der Waals surface area contributed by atoms with Gasteiger partial charge in [0.05, 0.1) is 24.6 Å². The first-order valence-corrected chi connectivity index (χ1v) is 8.68. The van der Waals surface area contributed by atoms with Crippen molar-refractivity contribution in [2.45, 2.75) is 4.90 Å². The average Bonchev–Trinajstić information content (AvgIpc) is 2.54. The molecule has 2 aromatic rings. The summed E-state index contributed by atoms with van der Waals surface area (Å²) in [7, 11) is -1.04. The molecule has 0 saturated carbocycles. The first kappa shape index (κ1) is 17.2. The smallest absolute Gasteiger partial charge is 0.265 e. The van der Waals surface area contributed by atoms with E-state index >= 15 is 0 Å². The first-order valence-electron chi connectivity index (χ1n) is 6.41. The van der Waals surface area contributed by atoms with Crippen molar-refractivity contribution >= 4 is 37.5 Å². The number of methoxy groups -OCH3 is 1. The van der Waals surface area contributed by atoms with Crippen molar-refractivity contribution in [3.8, 4) is 5.75 Å². The number of halogens is 1. The molecule has 7 nitrogen and oxygen atoms in total. The fraction of sp³-hybridized carbons (Fsp3) is 0.143. The maximum absolute atomic E-state index is 12.5. The van der Waals surface area contributed by atoms with Crippen molar-refractivity contribution < 1.29 is 17.9 Å². The molecule has 0 saturated heterocycles. The van der Waals surface area contributed by atoms with Gasteiger partial charge in [0.15, 0.2) is 0 Å². The minimum Gasteiger partial charge on any atom is -0.495 e. The minimum absolute atomic E-state index is 0.0280. The second-order valence-corrected chi connectivity index (χ2v) is 7.01. The molecule has 1 aromatic heterocycles. The molecule has 0 aliphatic heterocycles. The van der Waals surface area contributed by atoms with Crippen LogP contribution in [0.2, 0.25) is 0 Å². The van der Waals surface area contributed by atoms with Gasteiger partial charge in [0.1, 0.15) is 10.6 Å². The molecule has 23 heavy (non-hydrogen) atoms. The predicted octanol–water partition coefficient (Wildman–Crippen LogP) is 2.01. The molecule has 2 rings (SSSR count). The van der Waals surface area contributed by atoms with Gasteiger partial charge in [-0.1, -0.05) is 15.9 Å². The second-order valence-electron chi connectivity index (χ2n) is 4.44. The number of aromatic nitrogens is 1. The molecule has 9 heteroatoms. The van der Waals surface area contributed by atoms with Crippen molar-refractivity contribution in [3.63, 3.8) is 0 Å².